The third-order valence-corrected chi connectivity index (χ3v) is 7.37. The van der Waals surface area contributed by atoms with Crippen LogP contribution in [0.25, 0.3) is 22.4 Å². The highest BCUT2D eigenvalue weighted by molar-refractivity contribution is 5.86. The summed E-state index contributed by atoms with van der Waals surface area (Å²) in [6, 6.07) is 24.0. The Hall–Kier alpha value is -3.98. The van der Waals surface area contributed by atoms with E-state index in [4.69, 9.17) is 0 Å². The highest BCUT2D eigenvalue weighted by Gasteiger charge is 2.27. The van der Waals surface area contributed by atoms with Crippen LogP contribution in [0, 0.1) is 5.82 Å². The molecule has 0 spiro atoms. The second-order valence-corrected chi connectivity index (χ2v) is 10.9. The van der Waals surface area contributed by atoms with Crippen LogP contribution in [0.1, 0.15) is 55.8 Å². The molecular weight excluding hydrogens is 535 g/mol. The van der Waals surface area contributed by atoms with Crippen molar-refractivity contribution in [2.45, 2.75) is 70.9 Å². The topological polar surface area (TPSA) is 118 Å². The monoisotopic (exact) mass is 573 g/mol. The molecule has 3 aromatic carbocycles. The zero-order chi connectivity index (χ0) is 30.2. The molecule has 42 heavy (non-hydrogen) atoms. The van der Waals surface area contributed by atoms with E-state index in [1.165, 1.54) is 12.1 Å². The quantitative estimate of drug-likeness (QED) is 0.172. The number of hydrogen-bond donors (Lipinski definition) is 4. The number of carbonyl (C=O) groups is 1. The summed E-state index contributed by atoms with van der Waals surface area (Å²) in [5.74, 6) is -1.62. The number of aliphatic carboxylic acids is 1. The molecule has 0 unspecified atom stereocenters. The van der Waals surface area contributed by atoms with Crippen LogP contribution in [0.15, 0.2) is 78.9 Å². The normalized spacial score (nSPS) is 12.8. The summed E-state index contributed by atoms with van der Waals surface area (Å²) in [6.45, 7) is 5.06. The number of benzene rings is 3. The van der Waals surface area contributed by atoms with E-state index in [2.05, 4.69) is 23.7 Å². The molecule has 0 aliphatic carbocycles. The molecule has 0 amide bonds. The van der Waals surface area contributed by atoms with Crippen LogP contribution in [-0.2, 0) is 24.5 Å². The maximum Gasteiger partial charge on any atom is 0.123 e. The van der Waals surface area contributed by atoms with Gasteiger partial charge in [-0.15, -0.1) is 0 Å². The number of carboxylic acids is 1. The lowest BCUT2D eigenvalue weighted by Crippen LogP contribution is -2.29. The van der Waals surface area contributed by atoms with Gasteiger partial charge in [-0.05, 0) is 71.8 Å². The SMILES string of the molecule is CC(C)c1c(CNc2ccc(CO)cc2)c(-c2ccccc2)c(-c2ccc(F)cc2)n1CC[C@@H](O)C[C@@H](O)CC(=O)[O-]. The van der Waals surface area contributed by atoms with Gasteiger partial charge in [0.2, 0.25) is 0 Å². The van der Waals surface area contributed by atoms with Crippen LogP contribution < -0.4 is 10.4 Å². The molecule has 4 rings (SSSR count). The van der Waals surface area contributed by atoms with E-state index in [1.807, 2.05) is 54.6 Å². The van der Waals surface area contributed by atoms with Crippen LogP contribution in [0.2, 0.25) is 0 Å². The minimum Gasteiger partial charge on any atom is -0.550 e. The molecule has 1 heterocycles. The Kier molecular flexibility index (Phi) is 10.5. The number of anilines is 1. The number of nitrogens with zero attached hydrogens (tertiary/aromatic N) is 1. The number of halogens is 1. The van der Waals surface area contributed by atoms with E-state index in [0.29, 0.717) is 13.1 Å². The number of aliphatic hydroxyl groups is 3. The first-order valence-corrected chi connectivity index (χ1v) is 14.2. The molecule has 4 N–H and O–H groups in total. The van der Waals surface area contributed by atoms with E-state index in [1.54, 1.807) is 12.1 Å². The van der Waals surface area contributed by atoms with Crippen molar-refractivity contribution in [3.8, 4) is 22.4 Å². The van der Waals surface area contributed by atoms with Crippen LogP contribution in [0.3, 0.4) is 0 Å². The lowest BCUT2D eigenvalue weighted by molar-refractivity contribution is -0.307. The van der Waals surface area contributed by atoms with Gasteiger partial charge in [-0.1, -0.05) is 56.3 Å². The largest absolute Gasteiger partial charge is 0.550 e. The average Bonchev–Trinajstić information content (AvgIpc) is 3.30. The molecule has 8 heteroatoms. The summed E-state index contributed by atoms with van der Waals surface area (Å²) >= 11 is 0. The molecule has 0 fully saturated rings. The summed E-state index contributed by atoms with van der Waals surface area (Å²) < 4.78 is 16.2. The Morgan fingerprint density at radius 1 is 0.929 bits per heavy atom. The summed E-state index contributed by atoms with van der Waals surface area (Å²) in [6.07, 6.45) is -2.48. The van der Waals surface area contributed by atoms with E-state index >= 15 is 0 Å². The number of hydrogen-bond acceptors (Lipinski definition) is 6. The second kappa shape index (κ2) is 14.3. The molecule has 222 valence electrons. The Bertz CT molecular complexity index is 1450. The van der Waals surface area contributed by atoms with Crippen LogP contribution in [0.5, 0.6) is 0 Å². The van der Waals surface area contributed by atoms with Gasteiger partial charge in [0.05, 0.1) is 24.5 Å². The summed E-state index contributed by atoms with van der Waals surface area (Å²) in [4.78, 5) is 10.9. The fourth-order valence-electron chi connectivity index (χ4n) is 5.49. The predicted octanol–water partition coefficient (Wildman–Crippen LogP) is 4.83. The molecule has 0 radical (unpaired) electrons. The number of aliphatic hydroxyl groups excluding tert-OH is 3. The number of aromatic nitrogens is 1. The lowest BCUT2D eigenvalue weighted by atomic mass is 9.95. The summed E-state index contributed by atoms with van der Waals surface area (Å²) in [5, 5.41) is 44.6. The average molecular weight is 574 g/mol. The first-order valence-electron chi connectivity index (χ1n) is 14.2. The summed E-state index contributed by atoms with van der Waals surface area (Å²) in [5.41, 5.74) is 7.54. The van der Waals surface area contributed by atoms with Crippen molar-refractivity contribution in [2.24, 2.45) is 0 Å². The highest BCUT2D eigenvalue weighted by atomic mass is 19.1. The van der Waals surface area contributed by atoms with Gasteiger partial charge in [0.1, 0.15) is 5.82 Å². The molecule has 1 aromatic heterocycles. The summed E-state index contributed by atoms with van der Waals surface area (Å²) in [7, 11) is 0. The van der Waals surface area contributed by atoms with Crippen molar-refractivity contribution >= 4 is 11.7 Å². The van der Waals surface area contributed by atoms with Crippen molar-refractivity contribution in [1.29, 1.82) is 0 Å². The maximum atomic E-state index is 14.0. The van der Waals surface area contributed by atoms with E-state index < -0.39 is 24.6 Å². The zero-order valence-electron chi connectivity index (χ0n) is 24.0. The van der Waals surface area contributed by atoms with Gasteiger partial charge in [0.15, 0.2) is 0 Å². The van der Waals surface area contributed by atoms with Gasteiger partial charge in [-0.25, -0.2) is 4.39 Å². The third kappa shape index (κ3) is 7.64. The molecule has 2 atom stereocenters. The van der Waals surface area contributed by atoms with Crippen LogP contribution in [0.4, 0.5) is 10.1 Å². The molecule has 0 saturated heterocycles. The van der Waals surface area contributed by atoms with Crippen molar-refractivity contribution in [2.75, 3.05) is 5.32 Å². The predicted molar refractivity (Wildman–Crippen MR) is 160 cm³/mol. The lowest BCUT2D eigenvalue weighted by Gasteiger charge is -2.21. The van der Waals surface area contributed by atoms with E-state index in [-0.39, 0.29) is 31.2 Å². The Morgan fingerprint density at radius 3 is 2.19 bits per heavy atom. The molecule has 7 nitrogen and oxygen atoms in total. The number of carbonyl (C=O) groups excluding carboxylic acids is 1. The van der Waals surface area contributed by atoms with Gasteiger partial charge in [-0.2, -0.15) is 0 Å². The van der Waals surface area contributed by atoms with Crippen molar-refractivity contribution < 1.29 is 29.6 Å². The number of nitrogens with one attached hydrogen (secondary N) is 1. The van der Waals surface area contributed by atoms with E-state index in [0.717, 1.165) is 44.9 Å². The van der Waals surface area contributed by atoms with Gasteiger partial charge >= 0.3 is 0 Å². The molecule has 0 saturated carbocycles. The third-order valence-electron chi connectivity index (χ3n) is 7.37. The number of rotatable bonds is 14. The molecule has 0 aliphatic rings. The fraction of sp³-hybridized carbons (Fsp3) is 0.324. The molecule has 4 aromatic rings. The number of carboxylic acid groups (broad SMARTS) is 1. The minimum absolute atomic E-state index is 0.0319. The standard InChI is InChI=1S/C34H39FN2O5/c1-22(2)33-30(20-36-27-14-8-23(21-38)9-15-27)32(24-6-4-3-5-7-24)34(25-10-12-26(35)13-11-25)37(33)17-16-28(39)18-29(40)19-31(41)42/h3-15,22,28-29,36,38-40H,16-21H2,1-2H3,(H,41,42)/p-1/t28-,29-/m1/s1. The smallest absolute Gasteiger partial charge is 0.123 e. The van der Waals surface area contributed by atoms with Gasteiger partial charge in [-0.3, -0.25) is 0 Å². The molecule has 0 bridgehead atoms. The fourth-order valence-corrected chi connectivity index (χ4v) is 5.49. The second-order valence-electron chi connectivity index (χ2n) is 10.9. The Balaban J connectivity index is 1.82. The first-order chi connectivity index (χ1) is 20.2. The van der Waals surface area contributed by atoms with Crippen molar-refractivity contribution in [1.82, 2.24) is 4.57 Å². The maximum absolute atomic E-state index is 14.0. The van der Waals surface area contributed by atoms with Crippen molar-refractivity contribution in [3.05, 3.63) is 102 Å². The first kappa shape index (κ1) is 31.0. The van der Waals surface area contributed by atoms with Gasteiger partial charge in [0.25, 0.3) is 0 Å². The highest BCUT2D eigenvalue weighted by Crippen LogP contribution is 2.42. The van der Waals surface area contributed by atoms with Gasteiger partial charge < -0.3 is 35.1 Å². The Morgan fingerprint density at radius 2 is 1.60 bits per heavy atom. The zero-order valence-corrected chi connectivity index (χ0v) is 24.0. The molecular formula is C34H38FN2O5-. The van der Waals surface area contributed by atoms with Crippen LogP contribution in [-0.4, -0.2) is 38.1 Å². The minimum atomic E-state index is -1.36. The van der Waals surface area contributed by atoms with Crippen molar-refractivity contribution in [3.63, 3.8) is 0 Å². The molecule has 0 aliphatic heterocycles. The van der Waals surface area contributed by atoms with E-state index in [9.17, 15) is 29.6 Å². The van der Waals surface area contributed by atoms with Crippen LogP contribution >= 0.6 is 0 Å². The van der Waals surface area contributed by atoms with Gasteiger partial charge in [0, 0.05) is 48.0 Å². The Labute approximate surface area is 245 Å².